The second kappa shape index (κ2) is 5.54. The molecule has 2 nitrogen and oxygen atoms in total. The average Bonchev–Trinajstić information content (AvgIpc) is 2.99. The maximum Gasteiger partial charge on any atom is 0.122 e. The molecule has 1 saturated carbocycles. The molecule has 2 heteroatoms. The number of ether oxygens (including phenoxy) is 1. The summed E-state index contributed by atoms with van der Waals surface area (Å²) in [5, 5.41) is 3.84. The molecule has 1 aromatic carbocycles. The highest BCUT2D eigenvalue weighted by Gasteiger charge is 2.37. The molecule has 1 heterocycles. The molecule has 1 aliphatic heterocycles. The van der Waals surface area contributed by atoms with Gasteiger partial charge in [-0.15, -0.1) is 0 Å². The van der Waals surface area contributed by atoms with Crippen LogP contribution in [-0.2, 0) is 6.42 Å². The van der Waals surface area contributed by atoms with Crippen LogP contribution < -0.4 is 10.1 Å². The SMILES string of the molecule is CCCC1CC1NC(CC)c1ccc2c(c1)CCO2. The molecule has 104 valence electrons. The van der Waals surface area contributed by atoms with E-state index in [1.807, 2.05) is 0 Å². The predicted octanol–water partition coefficient (Wildman–Crippen LogP) is 3.85. The summed E-state index contributed by atoms with van der Waals surface area (Å²) in [6.45, 7) is 5.41. The van der Waals surface area contributed by atoms with Crippen molar-refractivity contribution in [1.82, 2.24) is 5.32 Å². The first-order chi connectivity index (χ1) is 9.31. The highest BCUT2D eigenvalue weighted by molar-refractivity contribution is 5.40. The lowest BCUT2D eigenvalue weighted by Gasteiger charge is -2.18. The molecule has 2 aliphatic rings. The zero-order chi connectivity index (χ0) is 13.2. The molecule has 1 aliphatic carbocycles. The molecule has 0 bridgehead atoms. The Morgan fingerprint density at radius 2 is 2.26 bits per heavy atom. The summed E-state index contributed by atoms with van der Waals surface area (Å²) in [5.41, 5.74) is 2.83. The van der Waals surface area contributed by atoms with Gasteiger partial charge in [-0.05, 0) is 42.4 Å². The standard InChI is InChI=1S/C17H25NO/c1-3-5-12-11-16(12)18-15(4-2)13-6-7-17-14(10-13)8-9-19-17/h6-7,10,12,15-16,18H,3-5,8-9,11H2,1-2H3. The smallest absolute Gasteiger partial charge is 0.122 e. The van der Waals surface area contributed by atoms with Crippen molar-refractivity contribution in [1.29, 1.82) is 0 Å². The molecule has 0 aromatic heterocycles. The molecule has 3 atom stereocenters. The fourth-order valence-corrected chi connectivity index (χ4v) is 3.27. The zero-order valence-corrected chi connectivity index (χ0v) is 12.1. The van der Waals surface area contributed by atoms with Crippen LogP contribution in [0.3, 0.4) is 0 Å². The highest BCUT2D eigenvalue weighted by Crippen LogP contribution is 2.37. The molecule has 1 aromatic rings. The van der Waals surface area contributed by atoms with Crippen molar-refractivity contribution in [2.24, 2.45) is 5.92 Å². The Labute approximate surface area is 116 Å². The van der Waals surface area contributed by atoms with Gasteiger partial charge in [0.15, 0.2) is 0 Å². The molecule has 3 unspecified atom stereocenters. The topological polar surface area (TPSA) is 21.3 Å². The second-order valence-electron chi connectivity index (χ2n) is 5.98. The molecule has 0 saturated heterocycles. The van der Waals surface area contributed by atoms with Gasteiger partial charge in [-0.1, -0.05) is 32.4 Å². The number of fused-ring (bicyclic) bond motifs is 1. The fourth-order valence-electron chi connectivity index (χ4n) is 3.27. The largest absolute Gasteiger partial charge is 0.493 e. The Kier molecular flexibility index (Phi) is 3.79. The van der Waals surface area contributed by atoms with E-state index < -0.39 is 0 Å². The van der Waals surface area contributed by atoms with Gasteiger partial charge in [-0.3, -0.25) is 0 Å². The van der Waals surface area contributed by atoms with E-state index in [1.165, 1.54) is 30.4 Å². The Balaban J connectivity index is 1.65. The molecule has 1 fully saturated rings. The van der Waals surface area contributed by atoms with Gasteiger partial charge in [0, 0.05) is 18.5 Å². The van der Waals surface area contributed by atoms with Crippen LogP contribution in [0.1, 0.15) is 56.7 Å². The summed E-state index contributed by atoms with van der Waals surface area (Å²) in [6, 6.07) is 8.01. The number of hydrogen-bond acceptors (Lipinski definition) is 2. The van der Waals surface area contributed by atoms with Gasteiger partial charge < -0.3 is 10.1 Å². The van der Waals surface area contributed by atoms with Gasteiger partial charge >= 0.3 is 0 Å². The van der Waals surface area contributed by atoms with Crippen LogP contribution in [0.5, 0.6) is 5.75 Å². The maximum atomic E-state index is 5.59. The summed E-state index contributed by atoms with van der Waals surface area (Å²) in [6.07, 6.45) is 6.30. The van der Waals surface area contributed by atoms with E-state index in [0.29, 0.717) is 6.04 Å². The summed E-state index contributed by atoms with van der Waals surface area (Å²) in [4.78, 5) is 0. The van der Waals surface area contributed by atoms with E-state index >= 15 is 0 Å². The minimum absolute atomic E-state index is 0.512. The predicted molar refractivity (Wildman–Crippen MR) is 78.6 cm³/mol. The Morgan fingerprint density at radius 3 is 3.05 bits per heavy atom. The Hall–Kier alpha value is -1.02. The van der Waals surface area contributed by atoms with E-state index in [-0.39, 0.29) is 0 Å². The number of hydrogen-bond donors (Lipinski definition) is 1. The maximum absolute atomic E-state index is 5.59. The third kappa shape index (κ3) is 2.79. The van der Waals surface area contributed by atoms with Crippen molar-refractivity contribution in [3.05, 3.63) is 29.3 Å². The Bertz CT molecular complexity index is 443. The van der Waals surface area contributed by atoms with Crippen molar-refractivity contribution in [3.63, 3.8) is 0 Å². The third-order valence-corrected chi connectivity index (χ3v) is 4.52. The van der Waals surface area contributed by atoms with Crippen LogP contribution in [0, 0.1) is 5.92 Å². The van der Waals surface area contributed by atoms with Crippen molar-refractivity contribution in [2.45, 2.75) is 58.0 Å². The van der Waals surface area contributed by atoms with Crippen molar-refractivity contribution < 1.29 is 4.74 Å². The third-order valence-electron chi connectivity index (χ3n) is 4.52. The Morgan fingerprint density at radius 1 is 1.37 bits per heavy atom. The number of nitrogens with one attached hydrogen (secondary N) is 1. The molecular weight excluding hydrogens is 234 g/mol. The van der Waals surface area contributed by atoms with Gasteiger partial charge in [0.05, 0.1) is 6.61 Å². The zero-order valence-electron chi connectivity index (χ0n) is 12.1. The normalized spacial score (nSPS) is 25.8. The van der Waals surface area contributed by atoms with E-state index in [1.54, 1.807) is 0 Å². The van der Waals surface area contributed by atoms with Crippen LogP contribution >= 0.6 is 0 Å². The number of rotatable bonds is 6. The van der Waals surface area contributed by atoms with Gasteiger partial charge in [0.2, 0.25) is 0 Å². The molecule has 3 rings (SSSR count). The van der Waals surface area contributed by atoms with Crippen molar-refractivity contribution in [2.75, 3.05) is 6.61 Å². The first kappa shape index (κ1) is 13.0. The molecule has 19 heavy (non-hydrogen) atoms. The lowest BCUT2D eigenvalue weighted by atomic mass is 10.0. The van der Waals surface area contributed by atoms with Crippen LogP contribution in [0.2, 0.25) is 0 Å². The quantitative estimate of drug-likeness (QED) is 0.838. The van der Waals surface area contributed by atoms with Crippen LogP contribution in [0.15, 0.2) is 18.2 Å². The summed E-state index contributed by atoms with van der Waals surface area (Å²) in [7, 11) is 0. The molecule has 1 N–H and O–H groups in total. The molecule has 0 radical (unpaired) electrons. The molecule has 0 spiro atoms. The average molecular weight is 259 g/mol. The minimum Gasteiger partial charge on any atom is -0.493 e. The van der Waals surface area contributed by atoms with Crippen molar-refractivity contribution in [3.8, 4) is 5.75 Å². The summed E-state index contributed by atoms with van der Waals surface area (Å²) < 4.78 is 5.59. The second-order valence-corrected chi connectivity index (χ2v) is 5.98. The first-order valence-electron chi connectivity index (χ1n) is 7.83. The minimum atomic E-state index is 0.512. The van der Waals surface area contributed by atoms with E-state index in [4.69, 9.17) is 4.74 Å². The fraction of sp³-hybridized carbons (Fsp3) is 0.647. The number of benzene rings is 1. The van der Waals surface area contributed by atoms with E-state index in [2.05, 4.69) is 37.4 Å². The summed E-state index contributed by atoms with van der Waals surface area (Å²) >= 11 is 0. The van der Waals surface area contributed by atoms with Crippen molar-refractivity contribution >= 4 is 0 Å². The summed E-state index contributed by atoms with van der Waals surface area (Å²) in [5.74, 6) is 2.02. The van der Waals surface area contributed by atoms with Gasteiger partial charge in [-0.25, -0.2) is 0 Å². The van der Waals surface area contributed by atoms with E-state index in [0.717, 1.165) is 37.2 Å². The van der Waals surface area contributed by atoms with Crippen LogP contribution in [0.25, 0.3) is 0 Å². The first-order valence-corrected chi connectivity index (χ1v) is 7.83. The monoisotopic (exact) mass is 259 g/mol. The molecular formula is C17H25NO. The van der Waals surface area contributed by atoms with Gasteiger partial charge in [0.25, 0.3) is 0 Å². The van der Waals surface area contributed by atoms with Crippen LogP contribution in [0.4, 0.5) is 0 Å². The van der Waals surface area contributed by atoms with E-state index in [9.17, 15) is 0 Å². The lowest BCUT2D eigenvalue weighted by molar-refractivity contribution is 0.356. The van der Waals surface area contributed by atoms with Crippen LogP contribution in [-0.4, -0.2) is 12.6 Å². The van der Waals surface area contributed by atoms with Gasteiger partial charge in [0.1, 0.15) is 5.75 Å². The highest BCUT2D eigenvalue weighted by atomic mass is 16.5. The molecule has 0 amide bonds. The lowest BCUT2D eigenvalue weighted by Crippen LogP contribution is -2.24. The van der Waals surface area contributed by atoms with Gasteiger partial charge in [-0.2, -0.15) is 0 Å².